The summed E-state index contributed by atoms with van der Waals surface area (Å²) in [7, 11) is 0. The minimum absolute atomic E-state index is 0.442. The molecule has 0 amide bonds. The van der Waals surface area contributed by atoms with E-state index in [2.05, 4.69) is 6.07 Å². The molecule has 10 heavy (non-hydrogen) atoms. The van der Waals surface area contributed by atoms with Crippen molar-refractivity contribution < 1.29 is 0 Å². The van der Waals surface area contributed by atoms with E-state index in [0.29, 0.717) is 5.92 Å². The maximum absolute atomic E-state index is 8.77. The van der Waals surface area contributed by atoms with Gasteiger partial charge in [0, 0.05) is 0 Å². The van der Waals surface area contributed by atoms with Crippen molar-refractivity contribution in [2.75, 3.05) is 0 Å². The molecule has 0 aromatic rings. The van der Waals surface area contributed by atoms with Crippen molar-refractivity contribution in [2.45, 2.75) is 31.2 Å². The van der Waals surface area contributed by atoms with Crippen LogP contribution in [0.3, 0.4) is 0 Å². The van der Waals surface area contributed by atoms with Gasteiger partial charge in [0.05, 0.1) is 6.07 Å². The number of nitriles is 1. The molecule has 0 heterocycles. The highest BCUT2D eigenvalue weighted by molar-refractivity contribution is 5.16. The van der Waals surface area contributed by atoms with E-state index in [4.69, 9.17) is 11.0 Å². The smallest absolute Gasteiger partial charge is 0.107 e. The standard InChI is InChI=1S/C8H12N2/c9-5-8(10)4-6-1-2-7(8)3-6/h6-7H,1-4,10H2/t6-,7+,8-/m1/s1. The van der Waals surface area contributed by atoms with Gasteiger partial charge < -0.3 is 5.73 Å². The van der Waals surface area contributed by atoms with Crippen molar-refractivity contribution in [3.63, 3.8) is 0 Å². The molecule has 0 saturated heterocycles. The first-order valence-electron chi connectivity index (χ1n) is 3.95. The van der Waals surface area contributed by atoms with Crippen LogP contribution in [0, 0.1) is 23.2 Å². The van der Waals surface area contributed by atoms with Gasteiger partial charge >= 0.3 is 0 Å². The molecule has 2 bridgehead atoms. The molecule has 0 unspecified atom stereocenters. The Morgan fingerprint density at radius 2 is 2.30 bits per heavy atom. The Morgan fingerprint density at radius 3 is 2.60 bits per heavy atom. The molecule has 3 atom stereocenters. The van der Waals surface area contributed by atoms with Crippen molar-refractivity contribution in [1.82, 2.24) is 0 Å². The molecule has 2 heteroatoms. The highest BCUT2D eigenvalue weighted by Crippen LogP contribution is 2.49. The number of fused-ring (bicyclic) bond motifs is 2. The van der Waals surface area contributed by atoms with Crippen LogP contribution < -0.4 is 5.73 Å². The monoisotopic (exact) mass is 136 g/mol. The van der Waals surface area contributed by atoms with Gasteiger partial charge in [0.1, 0.15) is 5.54 Å². The summed E-state index contributed by atoms with van der Waals surface area (Å²) in [5.41, 5.74) is 5.44. The van der Waals surface area contributed by atoms with Crippen LogP contribution >= 0.6 is 0 Å². The van der Waals surface area contributed by atoms with Crippen LogP contribution in [0.15, 0.2) is 0 Å². The normalized spacial score (nSPS) is 51.2. The zero-order chi connectivity index (χ0) is 7.19. The number of hydrogen-bond donors (Lipinski definition) is 1. The maximum Gasteiger partial charge on any atom is 0.107 e. The number of rotatable bonds is 0. The SMILES string of the molecule is N#C[C@]1(N)C[C@@H]2CC[C@H]1C2. The number of nitrogens with two attached hydrogens (primary N) is 1. The fourth-order valence-electron chi connectivity index (χ4n) is 2.51. The number of hydrogen-bond acceptors (Lipinski definition) is 2. The Balaban J connectivity index is 2.24. The molecule has 2 rings (SSSR count). The Hall–Kier alpha value is -0.550. The lowest BCUT2D eigenvalue weighted by Crippen LogP contribution is -2.43. The summed E-state index contributed by atoms with van der Waals surface area (Å²) in [6.07, 6.45) is 4.66. The van der Waals surface area contributed by atoms with Crippen LogP contribution in [0.1, 0.15) is 25.7 Å². The van der Waals surface area contributed by atoms with E-state index in [-0.39, 0.29) is 0 Å². The van der Waals surface area contributed by atoms with E-state index in [1.54, 1.807) is 0 Å². The largest absolute Gasteiger partial charge is 0.313 e. The third-order valence-electron chi connectivity index (χ3n) is 3.10. The number of nitrogens with zero attached hydrogens (tertiary/aromatic N) is 1. The first-order valence-corrected chi connectivity index (χ1v) is 3.95. The Labute approximate surface area is 61.0 Å². The third kappa shape index (κ3) is 0.615. The van der Waals surface area contributed by atoms with Crippen molar-refractivity contribution >= 4 is 0 Å². The lowest BCUT2D eigenvalue weighted by atomic mass is 9.83. The molecule has 0 aromatic heterocycles. The predicted octanol–water partition coefficient (Wildman–Crippen LogP) is 1.03. The first kappa shape index (κ1) is 6.18. The van der Waals surface area contributed by atoms with Gasteiger partial charge in [-0.25, -0.2) is 0 Å². The summed E-state index contributed by atoms with van der Waals surface area (Å²) in [6, 6.07) is 2.25. The van der Waals surface area contributed by atoms with Crippen molar-refractivity contribution in [3.8, 4) is 6.07 Å². The van der Waals surface area contributed by atoms with E-state index in [1.165, 1.54) is 19.3 Å². The first-order chi connectivity index (χ1) is 4.74. The van der Waals surface area contributed by atoms with Crippen LogP contribution in [0.5, 0.6) is 0 Å². The minimum Gasteiger partial charge on any atom is -0.313 e. The fourth-order valence-corrected chi connectivity index (χ4v) is 2.51. The van der Waals surface area contributed by atoms with Gasteiger partial charge in [-0.15, -0.1) is 0 Å². The average molecular weight is 136 g/mol. The van der Waals surface area contributed by atoms with Crippen LogP contribution in [-0.2, 0) is 0 Å². The summed E-state index contributed by atoms with van der Waals surface area (Å²) in [5.74, 6) is 1.29. The Morgan fingerprint density at radius 1 is 1.50 bits per heavy atom. The molecule has 2 fully saturated rings. The molecule has 0 aliphatic heterocycles. The van der Waals surface area contributed by atoms with Crippen LogP contribution in [-0.4, -0.2) is 5.54 Å². The molecule has 0 radical (unpaired) electrons. The zero-order valence-electron chi connectivity index (χ0n) is 6.01. The second-order valence-corrected chi connectivity index (χ2v) is 3.73. The summed E-state index contributed by atoms with van der Waals surface area (Å²) in [6.45, 7) is 0. The van der Waals surface area contributed by atoms with E-state index < -0.39 is 5.54 Å². The molecule has 54 valence electrons. The molecule has 2 nitrogen and oxygen atoms in total. The van der Waals surface area contributed by atoms with Crippen molar-refractivity contribution in [3.05, 3.63) is 0 Å². The lowest BCUT2D eigenvalue weighted by molar-refractivity contribution is 0.342. The van der Waals surface area contributed by atoms with E-state index in [0.717, 1.165) is 12.3 Å². The summed E-state index contributed by atoms with van der Waals surface area (Å²) < 4.78 is 0. The summed E-state index contributed by atoms with van der Waals surface area (Å²) >= 11 is 0. The van der Waals surface area contributed by atoms with Crippen LogP contribution in [0.25, 0.3) is 0 Å². The molecule has 2 aliphatic carbocycles. The van der Waals surface area contributed by atoms with Crippen molar-refractivity contribution in [1.29, 1.82) is 5.26 Å². The van der Waals surface area contributed by atoms with Gasteiger partial charge in [0.15, 0.2) is 0 Å². The van der Waals surface area contributed by atoms with Gasteiger partial charge in [0.25, 0.3) is 0 Å². The molecule has 2 N–H and O–H groups in total. The highest BCUT2D eigenvalue weighted by Gasteiger charge is 2.48. The molecule has 2 saturated carbocycles. The predicted molar refractivity (Wildman–Crippen MR) is 38.0 cm³/mol. The van der Waals surface area contributed by atoms with Gasteiger partial charge in [-0.05, 0) is 37.5 Å². The average Bonchev–Trinajstić information content (AvgIpc) is 2.46. The molecule has 0 aromatic carbocycles. The quantitative estimate of drug-likeness (QED) is 0.540. The third-order valence-corrected chi connectivity index (χ3v) is 3.10. The molecule has 0 spiro atoms. The van der Waals surface area contributed by atoms with E-state index >= 15 is 0 Å². The fraction of sp³-hybridized carbons (Fsp3) is 0.875. The van der Waals surface area contributed by atoms with Crippen LogP contribution in [0.2, 0.25) is 0 Å². The highest BCUT2D eigenvalue weighted by atomic mass is 14.8. The van der Waals surface area contributed by atoms with Gasteiger partial charge in [-0.1, -0.05) is 0 Å². The Bertz CT molecular complexity index is 194. The molecular formula is C8H12N2. The van der Waals surface area contributed by atoms with Gasteiger partial charge in [0.2, 0.25) is 0 Å². The lowest BCUT2D eigenvalue weighted by Gasteiger charge is -2.25. The van der Waals surface area contributed by atoms with Gasteiger partial charge in [-0.3, -0.25) is 0 Å². The van der Waals surface area contributed by atoms with Crippen molar-refractivity contribution in [2.24, 2.45) is 17.6 Å². The second kappa shape index (κ2) is 1.73. The Kier molecular flexibility index (Phi) is 1.07. The summed E-state index contributed by atoms with van der Waals surface area (Å²) in [5, 5.41) is 8.77. The van der Waals surface area contributed by atoms with E-state index in [1.807, 2.05) is 0 Å². The minimum atomic E-state index is -0.442. The zero-order valence-corrected chi connectivity index (χ0v) is 6.01. The topological polar surface area (TPSA) is 49.8 Å². The van der Waals surface area contributed by atoms with Gasteiger partial charge in [-0.2, -0.15) is 5.26 Å². The van der Waals surface area contributed by atoms with E-state index in [9.17, 15) is 0 Å². The maximum atomic E-state index is 8.77. The summed E-state index contributed by atoms with van der Waals surface area (Å²) in [4.78, 5) is 0. The second-order valence-electron chi connectivity index (χ2n) is 3.73. The van der Waals surface area contributed by atoms with Crippen LogP contribution in [0.4, 0.5) is 0 Å². The molecule has 2 aliphatic rings. The molecular weight excluding hydrogens is 124 g/mol.